The number of ketones is 1. The minimum atomic E-state index is -0.975. The Morgan fingerprint density at radius 2 is 0.826 bits per heavy atom. The molecular formula is C48H54O17S4. The van der Waals surface area contributed by atoms with E-state index < -0.39 is 53.9 Å². The molecule has 0 bridgehead atoms. The van der Waals surface area contributed by atoms with Gasteiger partial charge in [-0.1, -0.05) is 44.0 Å². The molecule has 2 fully saturated rings. The van der Waals surface area contributed by atoms with Gasteiger partial charge < -0.3 is 37.9 Å². The molecule has 2 aliphatic heterocycles. The number of carbonyl (C=O) groups is 9. The van der Waals surface area contributed by atoms with Crippen LogP contribution in [0.15, 0.2) is 91.1 Å². The van der Waals surface area contributed by atoms with Gasteiger partial charge in [0.1, 0.15) is 51.8 Å². The van der Waals surface area contributed by atoms with E-state index >= 15 is 0 Å². The first kappa shape index (κ1) is 57.5. The van der Waals surface area contributed by atoms with Gasteiger partial charge in [0.25, 0.3) is 0 Å². The molecule has 0 amide bonds. The maximum atomic E-state index is 12.9. The van der Waals surface area contributed by atoms with Crippen molar-refractivity contribution < 1.29 is 81.0 Å². The fourth-order valence-corrected chi connectivity index (χ4v) is 9.56. The molecule has 2 heterocycles. The summed E-state index contributed by atoms with van der Waals surface area (Å²) < 4.78 is 41.2. The standard InChI is InChI=1S/C27H30O11S2.C21H24O6S2/c1-16(2)23(29)34-7-9-36-26(32)21-6-5-18(25(31)38-20-14-39-12-19(28)13-40-15-20)11-22(21)27(33)37-10-8-35-24(30)17(3)4;1-14(2)19(22)25-8-9-26-20(23)17-6-4-5-7-18(17)21(24)27-16-12-28-10-15(3)11-29-13-16/h5-6,11,20H,1,3,7-10,12-15H2,2,4H3;4-7,16H,1,3,8-13H2,2H3. The molecular weight excluding hydrogens is 977 g/mol. The van der Waals surface area contributed by atoms with Crippen molar-refractivity contribution in [2.24, 2.45) is 0 Å². The Labute approximate surface area is 417 Å². The van der Waals surface area contributed by atoms with Gasteiger partial charge >= 0.3 is 47.8 Å². The smallest absolute Gasteiger partial charge is 0.339 e. The fraction of sp³-hybridized carbons (Fsp3) is 0.396. The molecule has 4 rings (SSSR count). The summed E-state index contributed by atoms with van der Waals surface area (Å²) in [5, 5.41) is 0. The first-order valence-corrected chi connectivity index (χ1v) is 25.6. The van der Waals surface area contributed by atoms with Gasteiger partial charge in [0.15, 0.2) is 5.78 Å². The maximum absolute atomic E-state index is 12.9. The fourth-order valence-electron chi connectivity index (χ4n) is 5.29. The Morgan fingerprint density at radius 1 is 0.478 bits per heavy atom. The first-order chi connectivity index (χ1) is 32.9. The molecule has 2 saturated heterocycles. The third-order valence-electron chi connectivity index (χ3n) is 8.66. The lowest BCUT2D eigenvalue weighted by Crippen LogP contribution is -2.27. The summed E-state index contributed by atoms with van der Waals surface area (Å²) in [5.74, 6) is -1.02. The zero-order valence-electron chi connectivity index (χ0n) is 38.5. The second-order valence-corrected chi connectivity index (χ2v) is 19.0. The minimum absolute atomic E-state index is 0.0132. The Morgan fingerprint density at radius 3 is 1.25 bits per heavy atom. The average Bonchev–Trinajstić information content (AvgIpc) is 3.30. The number of carbonyl (C=O) groups excluding carboxylic acids is 9. The van der Waals surface area contributed by atoms with Crippen molar-refractivity contribution in [3.63, 3.8) is 0 Å². The molecule has 0 aromatic heterocycles. The number of ether oxygens (including phenoxy) is 8. The van der Waals surface area contributed by atoms with Crippen LogP contribution in [-0.2, 0) is 57.1 Å². The summed E-state index contributed by atoms with van der Waals surface area (Å²) in [6.07, 6.45) is -0.697. The van der Waals surface area contributed by atoms with Crippen LogP contribution in [0.5, 0.6) is 0 Å². The highest BCUT2D eigenvalue weighted by atomic mass is 32.2. The average molecular weight is 1030 g/mol. The summed E-state index contributed by atoms with van der Waals surface area (Å²) in [4.78, 5) is 109. The quantitative estimate of drug-likeness (QED) is 0.0492. The maximum Gasteiger partial charge on any atom is 0.339 e. The SMILES string of the molecule is C=C(C)C(=O)OCCOC(=O)c1ccc(C(=O)OC2CSCC(=O)CSC2)cc1C(=O)OCCOC(=O)C(=C)C.C=C1CSCC(OC(=O)c2ccccc2C(=O)OCCOC(=O)C(=C)C)CSC1. The molecule has 2 aromatic carbocycles. The predicted octanol–water partition coefficient (Wildman–Crippen LogP) is 6.34. The second kappa shape index (κ2) is 30.7. The molecule has 2 aliphatic rings. The highest BCUT2D eigenvalue weighted by Crippen LogP contribution is 2.24. The predicted molar refractivity (Wildman–Crippen MR) is 263 cm³/mol. The summed E-state index contributed by atoms with van der Waals surface area (Å²) in [5.41, 5.74) is 1.55. The molecule has 69 heavy (non-hydrogen) atoms. The number of hydrogen-bond acceptors (Lipinski definition) is 21. The van der Waals surface area contributed by atoms with E-state index in [2.05, 4.69) is 26.3 Å². The zero-order valence-corrected chi connectivity index (χ0v) is 41.8. The van der Waals surface area contributed by atoms with E-state index in [1.165, 1.54) is 74.1 Å². The van der Waals surface area contributed by atoms with Crippen LogP contribution in [0, 0.1) is 0 Å². The van der Waals surface area contributed by atoms with Crippen molar-refractivity contribution in [1.82, 2.24) is 0 Å². The van der Waals surface area contributed by atoms with Gasteiger partial charge in [-0.25, -0.2) is 38.4 Å². The number of esters is 8. The highest BCUT2D eigenvalue weighted by molar-refractivity contribution is 8.02. The van der Waals surface area contributed by atoms with Crippen LogP contribution in [0.1, 0.15) is 72.6 Å². The van der Waals surface area contributed by atoms with Crippen LogP contribution >= 0.6 is 47.0 Å². The van der Waals surface area contributed by atoms with Crippen LogP contribution in [0.3, 0.4) is 0 Å². The number of benzene rings is 2. The Kier molecular flexibility index (Phi) is 25.6. The molecule has 0 N–H and O–H groups in total. The number of rotatable bonds is 19. The molecule has 0 spiro atoms. The molecule has 0 atom stereocenters. The van der Waals surface area contributed by atoms with Crippen LogP contribution in [0.25, 0.3) is 0 Å². The van der Waals surface area contributed by atoms with E-state index in [4.69, 9.17) is 37.9 Å². The largest absolute Gasteiger partial charge is 0.459 e. The number of hydrogen-bond donors (Lipinski definition) is 0. The van der Waals surface area contributed by atoms with E-state index in [-0.39, 0.29) is 96.1 Å². The minimum Gasteiger partial charge on any atom is -0.459 e. The van der Waals surface area contributed by atoms with E-state index in [1.807, 2.05) is 0 Å². The van der Waals surface area contributed by atoms with E-state index in [9.17, 15) is 43.2 Å². The van der Waals surface area contributed by atoms with E-state index in [1.54, 1.807) is 35.7 Å². The summed E-state index contributed by atoms with van der Waals surface area (Å²) in [6.45, 7) is 17.5. The van der Waals surface area contributed by atoms with Crippen molar-refractivity contribution in [1.29, 1.82) is 0 Å². The Balaban J connectivity index is 0.000000384. The third kappa shape index (κ3) is 21.2. The monoisotopic (exact) mass is 1030 g/mol. The van der Waals surface area contributed by atoms with Crippen molar-refractivity contribution in [2.75, 3.05) is 85.7 Å². The molecule has 0 aliphatic carbocycles. The van der Waals surface area contributed by atoms with Crippen LogP contribution in [0.4, 0.5) is 0 Å². The van der Waals surface area contributed by atoms with Gasteiger partial charge in [-0.3, -0.25) is 4.79 Å². The Hall–Kier alpha value is -5.77. The zero-order chi connectivity index (χ0) is 50.9. The molecule has 0 radical (unpaired) electrons. The van der Waals surface area contributed by atoms with Crippen molar-refractivity contribution in [2.45, 2.75) is 33.0 Å². The van der Waals surface area contributed by atoms with E-state index in [0.29, 0.717) is 34.5 Å². The summed E-state index contributed by atoms with van der Waals surface area (Å²) >= 11 is 6.11. The van der Waals surface area contributed by atoms with Gasteiger partial charge in [0, 0.05) is 51.2 Å². The third-order valence-corrected chi connectivity index (χ3v) is 13.4. The lowest BCUT2D eigenvalue weighted by Gasteiger charge is -2.21. The van der Waals surface area contributed by atoms with Gasteiger partial charge in [0.2, 0.25) is 0 Å². The summed E-state index contributed by atoms with van der Waals surface area (Å²) in [6, 6.07) is 10.0. The Bertz CT molecular complexity index is 2250. The molecule has 21 heteroatoms. The lowest BCUT2D eigenvalue weighted by molar-refractivity contribution is -0.140. The second-order valence-electron chi connectivity index (χ2n) is 14.9. The number of Topliss-reactive ketones (excluding diaryl/α,β-unsaturated/α-hetero) is 1. The van der Waals surface area contributed by atoms with Crippen LogP contribution in [0.2, 0.25) is 0 Å². The van der Waals surface area contributed by atoms with Crippen LogP contribution in [-0.4, -0.2) is 151 Å². The van der Waals surface area contributed by atoms with Crippen molar-refractivity contribution in [3.05, 3.63) is 119 Å². The van der Waals surface area contributed by atoms with Gasteiger partial charge in [-0.15, -0.1) is 0 Å². The number of thioether (sulfide) groups is 4. The van der Waals surface area contributed by atoms with Crippen molar-refractivity contribution >= 4 is 101 Å². The topological polar surface area (TPSA) is 227 Å². The first-order valence-electron chi connectivity index (χ1n) is 21.0. The lowest BCUT2D eigenvalue weighted by atomic mass is 10.0. The normalized spacial score (nSPS) is 14.2. The van der Waals surface area contributed by atoms with Gasteiger partial charge in [-0.05, 0) is 51.1 Å². The molecule has 0 saturated carbocycles. The highest BCUT2D eigenvalue weighted by Gasteiger charge is 2.26. The van der Waals surface area contributed by atoms with Gasteiger partial charge in [-0.2, -0.15) is 47.0 Å². The molecule has 372 valence electrons. The summed E-state index contributed by atoms with van der Waals surface area (Å²) in [7, 11) is 0. The molecule has 17 nitrogen and oxygen atoms in total. The van der Waals surface area contributed by atoms with E-state index in [0.717, 1.165) is 17.6 Å². The van der Waals surface area contributed by atoms with Crippen LogP contribution < -0.4 is 0 Å². The van der Waals surface area contributed by atoms with Gasteiger partial charge in [0.05, 0.1) is 39.3 Å². The molecule has 2 aromatic rings. The van der Waals surface area contributed by atoms with Crippen molar-refractivity contribution in [3.8, 4) is 0 Å². The molecule has 0 unspecified atom stereocenters.